The SMILES string of the molecule is COc1cc2nccc(Oc3ccc4c(C(=O)Nc5cc(C)ccn5)cccc4c3)c2cc1OC. The van der Waals surface area contributed by atoms with E-state index in [1.54, 1.807) is 38.7 Å². The maximum absolute atomic E-state index is 13.0. The van der Waals surface area contributed by atoms with Gasteiger partial charge in [0, 0.05) is 29.4 Å². The molecule has 2 aromatic heterocycles. The number of rotatable bonds is 6. The van der Waals surface area contributed by atoms with Gasteiger partial charge in [-0.2, -0.15) is 0 Å². The number of carbonyl (C=O) groups excluding carboxylic acids is 1. The fourth-order valence-electron chi connectivity index (χ4n) is 3.97. The van der Waals surface area contributed by atoms with Gasteiger partial charge in [0.05, 0.1) is 19.7 Å². The van der Waals surface area contributed by atoms with Crippen molar-refractivity contribution in [2.45, 2.75) is 6.92 Å². The summed E-state index contributed by atoms with van der Waals surface area (Å²) in [7, 11) is 3.18. The van der Waals surface area contributed by atoms with Crippen LogP contribution in [0.3, 0.4) is 0 Å². The van der Waals surface area contributed by atoms with Crippen LogP contribution in [0.25, 0.3) is 21.7 Å². The molecule has 35 heavy (non-hydrogen) atoms. The smallest absolute Gasteiger partial charge is 0.257 e. The number of anilines is 1. The Morgan fingerprint density at radius 3 is 2.40 bits per heavy atom. The number of methoxy groups -OCH3 is 2. The van der Waals surface area contributed by atoms with Crippen LogP contribution in [-0.2, 0) is 0 Å². The molecule has 0 radical (unpaired) electrons. The molecule has 0 spiro atoms. The highest BCUT2D eigenvalue weighted by Crippen LogP contribution is 2.37. The van der Waals surface area contributed by atoms with Gasteiger partial charge < -0.3 is 19.5 Å². The number of nitrogens with one attached hydrogen (secondary N) is 1. The average molecular weight is 466 g/mol. The van der Waals surface area contributed by atoms with Crippen LogP contribution in [0, 0.1) is 6.92 Å². The Bertz CT molecular complexity index is 1570. The Morgan fingerprint density at radius 2 is 1.60 bits per heavy atom. The number of hydrogen-bond acceptors (Lipinski definition) is 6. The van der Waals surface area contributed by atoms with Crippen molar-refractivity contribution in [2.75, 3.05) is 19.5 Å². The normalized spacial score (nSPS) is 10.8. The second kappa shape index (κ2) is 9.30. The molecule has 0 atom stereocenters. The van der Waals surface area contributed by atoms with Gasteiger partial charge in [-0.1, -0.05) is 12.1 Å². The third kappa shape index (κ3) is 4.44. The van der Waals surface area contributed by atoms with E-state index in [2.05, 4.69) is 15.3 Å². The molecule has 1 N–H and O–H groups in total. The minimum absolute atomic E-state index is 0.219. The molecule has 0 fully saturated rings. The lowest BCUT2D eigenvalue weighted by Gasteiger charge is -2.13. The summed E-state index contributed by atoms with van der Waals surface area (Å²) in [6.45, 7) is 1.95. The Morgan fingerprint density at radius 1 is 0.800 bits per heavy atom. The maximum Gasteiger partial charge on any atom is 0.257 e. The van der Waals surface area contributed by atoms with Gasteiger partial charge in [-0.05, 0) is 71.8 Å². The first-order chi connectivity index (χ1) is 17.1. The minimum atomic E-state index is -0.219. The molecule has 0 bridgehead atoms. The van der Waals surface area contributed by atoms with Gasteiger partial charge in [0.2, 0.25) is 0 Å². The summed E-state index contributed by atoms with van der Waals surface area (Å²) in [5.41, 5.74) is 2.31. The van der Waals surface area contributed by atoms with Gasteiger partial charge in [0.15, 0.2) is 11.5 Å². The molecule has 3 aromatic carbocycles. The quantitative estimate of drug-likeness (QED) is 0.324. The molecule has 5 aromatic rings. The molecule has 0 saturated heterocycles. The molecule has 174 valence electrons. The Hall–Kier alpha value is -4.65. The predicted octanol–water partition coefficient (Wildman–Crippen LogP) is 6.15. The summed E-state index contributed by atoms with van der Waals surface area (Å²) in [5, 5.41) is 5.37. The zero-order valence-electron chi connectivity index (χ0n) is 19.5. The zero-order valence-corrected chi connectivity index (χ0v) is 19.5. The van der Waals surface area contributed by atoms with E-state index in [4.69, 9.17) is 14.2 Å². The van der Waals surface area contributed by atoms with Gasteiger partial charge in [0.1, 0.15) is 17.3 Å². The molecule has 2 heterocycles. The number of benzene rings is 3. The number of fused-ring (bicyclic) bond motifs is 2. The third-order valence-corrected chi connectivity index (χ3v) is 5.69. The lowest BCUT2D eigenvalue weighted by molar-refractivity contribution is 0.102. The minimum Gasteiger partial charge on any atom is -0.493 e. The lowest BCUT2D eigenvalue weighted by atomic mass is 10.0. The van der Waals surface area contributed by atoms with Crippen molar-refractivity contribution in [1.82, 2.24) is 9.97 Å². The summed E-state index contributed by atoms with van der Waals surface area (Å²) in [6.07, 6.45) is 3.36. The maximum atomic E-state index is 13.0. The van der Waals surface area contributed by atoms with Crippen molar-refractivity contribution in [2.24, 2.45) is 0 Å². The number of ether oxygens (including phenoxy) is 3. The number of amides is 1. The number of aryl methyl sites for hydroxylation is 1. The molecule has 0 aliphatic rings. The van der Waals surface area contributed by atoms with Crippen LogP contribution in [0.5, 0.6) is 23.0 Å². The monoisotopic (exact) mass is 465 g/mol. The second-order valence-corrected chi connectivity index (χ2v) is 8.00. The van der Waals surface area contributed by atoms with Crippen molar-refractivity contribution < 1.29 is 19.0 Å². The highest BCUT2D eigenvalue weighted by atomic mass is 16.5. The summed E-state index contributed by atoms with van der Waals surface area (Å²) >= 11 is 0. The number of nitrogens with zero attached hydrogens (tertiary/aromatic N) is 2. The molecule has 1 amide bonds. The average Bonchev–Trinajstić information content (AvgIpc) is 2.87. The number of aromatic nitrogens is 2. The Labute approximate surface area is 202 Å². The number of hydrogen-bond donors (Lipinski definition) is 1. The largest absolute Gasteiger partial charge is 0.493 e. The van der Waals surface area contributed by atoms with Crippen LogP contribution in [0.4, 0.5) is 5.82 Å². The predicted molar refractivity (Wildman–Crippen MR) is 136 cm³/mol. The molecular formula is C28H23N3O4. The Balaban J connectivity index is 1.47. The van der Waals surface area contributed by atoms with E-state index in [-0.39, 0.29) is 5.91 Å². The zero-order chi connectivity index (χ0) is 24.4. The van der Waals surface area contributed by atoms with E-state index in [1.807, 2.05) is 61.5 Å². The standard InChI is InChI=1S/C28H23N3O4/c1-17-9-11-30-27(13-17)31-28(32)21-6-4-5-18-14-19(7-8-20(18)21)35-24-10-12-29-23-16-26(34-3)25(33-2)15-22(23)24/h4-16H,1-3H3,(H,30,31,32). The van der Waals surface area contributed by atoms with Crippen LogP contribution in [-0.4, -0.2) is 30.1 Å². The van der Waals surface area contributed by atoms with Crippen molar-refractivity contribution in [3.05, 3.63) is 90.3 Å². The van der Waals surface area contributed by atoms with Gasteiger partial charge in [-0.15, -0.1) is 0 Å². The first-order valence-corrected chi connectivity index (χ1v) is 11.0. The van der Waals surface area contributed by atoms with Gasteiger partial charge >= 0.3 is 0 Å². The van der Waals surface area contributed by atoms with Crippen molar-refractivity contribution in [3.8, 4) is 23.0 Å². The van der Waals surface area contributed by atoms with Crippen LogP contribution in [0.15, 0.2) is 79.1 Å². The Kier molecular flexibility index (Phi) is 5.89. The lowest BCUT2D eigenvalue weighted by Crippen LogP contribution is -2.13. The summed E-state index contributed by atoms with van der Waals surface area (Å²) in [6, 6.07) is 20.4. The van der Waals surface area contributed by atoms with E-state index in [0.717, 1.165) is 27.2 Å². The molecule has 7 heteroatoms. The van der Waals surface area contributed by atoms with E-state index < -0.39 is 0 Å². The fraction of sp³-hybridized carbons (Fsp3) is 0.107. The molecule has 0 unspecified atom stereocenters. The van der Waals surface area contributed by atoms with Crippen LogP contribution in [0.2, 0.25) is 0 Å². The van der Waals surface area contributed by atoms with E-state index >= 15 is 0 Å². The van der Waals surface area contributed by atoms with E-state index in [0.29, 0.717) is 34.4 Å². The topological polar surface area (TPSA) is 82.6 Å². The summed E-state index contributed by atoms with van der Waals surface area (Å²) in [4.78, 5) is 21.6. The molecule has 0 aliphatic carbocycles. The van der Waals surface area contributed by atoms with Crippen molar-refractivity contribution in [1.29, 1.82) is 0 Å². The van der Waals surface area contributed by atoms with Crippen LogP contribution in [0.1, 0.15) is 15.9 Å². The van der Waals surface area contributed by atoms with E-state index in [9.17, 15) is 4.79 Å². The number of pyridine rings is 2. The molecule has 0 saturated carbocycles. The molecule has 5 rings (SSSR count). The molecule has 0 aliphatic heterocycles. The number of carbonyl (C=O) groups is 1. The van der Waals surface area contributed by atoms with Gasteiger partial charge in [-0.25, -0.2) is 4.98 Å². The highest BCUT2D eigenvalue weighted by molar-refractivity contribution is 6.12. The van der Waals surface area contributed by atoms with Gasteiger partial charge in [0.25, 0.3) is 5.91 Å². The summed E-state index contributed by atoms with van der Waals surface area (Å²) in [5.74, 6) is 2.76. The van der Waals surface area contributed by atoms with E-state index in [1.165, 1.54) is 0 Å². The molecular weight excluding hydrogens is 442 g/mol. The van der Waals surface area contributed by atoms with Crippen LogP contribution < -0.4 is 19.5 Å². The first kappa shape index (κ1) is 22.2. The van der Waals surface area contributed by atoms with Gasteiger partial charge in [-0.3, -0.25) is 9.78 Å². The summed E-state index contributed by atoms with van der Waals surface area (Å²) < 4.78 is 17.1. The second-order valence-electron chi connectivity index (χ2n) is 8.00. The molecule has 7 nitrogen and oxygen atoms in total. The third-order valence-electron chi connectivity index (χ3n) is 5.69. The fourth-order valence-corrected chi connectivity index (χ4v) is 3.97. The van der Waals surface area contributed by atoms with Crippen LogP contribution >= 0.6 is 0 Å². The van der Waals surface area contributed by atoms with Crippen molar-refractivity contribution >= 4 is 33.4 Å². The highest BCUT2D eigenvalue weighted by Gasteiger charge is 2.14. The first-order valence-electron chi connectivity index (χ1n) is 11.0. The van der Waals surface area contributed by atoms with Crippen molar-refractivity contribution in [3.63, 3.8) is 0 Å².